The van der Waals surface area contributed by atoms with Gasteiger partial charge in [0.1, 0.15) is 11.3 Å². The zero-order valence-corrected chi connectivity index (χ0v) is 10.3. The van der Waals surface area contributed by atoms with Crippen molar-refractivity contribution >= 4 is 23.3 Å². The predicted molar refractivity (Wildman–Crippen MR) is 73.9 cm³/mol. The van der Waals surface area contributed by atoms with Crippen molar-refractivity contribution in [2.45, 2.75) is 0 Å². The maximum absolute atomic E-state index is 11.9. The fourth-order valence-corrected chi connectivity index (χ4v) is 1.67. The van der Waals surface area contributed by atoms with E-state index >= 15 is 0 Å². The first-order valence-corrected chi connectivity index (χ1v) is 5.70. The summed E-state index contributed by atoms with van der Waals surface area (Å²) in [6.07, 6.45) is 0. The third kappa shape index (κ3) is 2.86. The Kier molecular flexibility index (Phi) is 3.56. The highest BCUT2D eigenvalue weighted by Gasteiger charge is 2.11. The molecule has 6 heteroatoms. The maximum Gasteiger partial charge on any atom is 0.339 e. The normalized spacial score (nSPS) is 10.0. The van der Waals surface area contributed by atoms with Crippen LogP contribution >= 0.6 is 0 Å². The predicted octanol–water partition coefficient (Wildman–Crippen LogP) is 1.92. The Hall–Kier alpha value is -3.02. The quantitative estimate of drug-likeness (QED) is 0.638. The van der Waals surface area contributed by atoms with Crippen molar-refractivity contribution in [3.8, 4) is 5.75 Å². The minimum atomic E-state index is -1.24. The van der Waals surface area contributed by atoms with Crippen LogP contribution in [0.15, 0.2) is 42.5 Å². The van der Waals surface area contributed by atoms with Gasteiger partial charge in [0, 0.05) is 23.0 Å². The maximum atomic E-state index is 11.9. The summed E-state index contributed by atoms with van der Waals surface area (Å²) in [5, 5.41) is 20.9. The molecule has 102 valence electrons. The Morgan fingerprint density at radius 1 is 1.10 bits per heavy atom. The molecular formula is C14H12N2O4. The molecule has 20 heavy (non-hydrogen) atoms. The van der Waals surface area contributed by atoms with E-state index in [0.717, 1.165) is 0 Å². The number of amides is 1. The van der Waals surface area contributed by atoms with Gasteiger partial charge >= 0.3 is 5.97 Å². The van der Waals surface area contributed by atoms with E-state index in [1.54, 1.807) is 18.2 Å². The molecule has 2 aromatic rings. The van der Waals surface area contributed by atoms with Gasteiger partial charge in [0.05, 0.1) is 0 Å². The Morgan fingerprint density at radius 3 is 2.45 bits per heavy atom. The number of rotatable bonds is 3. The number of carboxylic acids is 1. The summed E-state index contributed by atoms with van der Waals surface area (Å²) >= 11 is 0. The van der Waals surface area contributed by atoms with Gasteiger partial charge < -0.3 is 21.3 Å². The van der Waals surface area contributed by atoms with Gasteiger partial charge in [0.25, 0.3) is 5.91 Å². The van der Waals surface area contributed by atoms with Gasteiger partial charge in [-0.05, 0) is 30.3 Å². The van der Waals surface area contributed by atoms with Crippen LogP contribution in [-0.4, -0.2) is 22.1 Å². The smallest absolute Gasteiger partial charge is 0.339 e. The van der Waals surface area contributed by atoms with Gasteiger partial charge in [-0.1, -0.05) is 6.07 Å². The van der Waals surface area contributed by atoms with Crippen LogP contribution in [0.1, 0.15) is 20.7 Å². The third-order valence-electron chi connectivity index (χ3n) is 2.63. The average molecular weight is 272 g/mol. The van der Waals surface area contributed by atoms with Gasteiger partial charge in [-0.15, -0.1) is 0 Å². The zero-order valence-electron chi connectivity index (χ0n) is 10.3. The molecule has 0 spiro atoms. The third-order valence-corrected chi connectivity index (χ3v) is 2.63. The standard InChI is InChI=1S/C14H12N2O4/c15-9-3-1-2-8(6-9)13(18)16-10-4-5-11(14(19)20)12(17)7-10/h1-7,17H,15H2,(H,16,18)(H,19,20). The van der Waals surface area contributed by atoms with E-state index in [4.69, 9.17) is 10.8 Å². The molecule has 0 aliphatic heterocycles. The largest absolute Gasteiger partial charge is 0.507 e. The Balaban J connectivity index is 2.20. The van der Waals surface area contributed by atoms with Crippen molar-refractivity contribution in [3.63, 3.8) is 0 Å². The first-order valence-electron chi connectivity index (χ1n) is 5.70. The van der Waals surface area contributed by atoms with Gasteiger partial charge in [0.2, 0.25) is 0 Å². The van der Waals surface area contributed by atoms with Gasteiger partial charge in [-0.2, -0.15) is 0 Å². The number of carbonyl (C=O) groups is 2. The van der Waals surface area contributed by atoms with Crippen molar-refractivity contribution in [3.05, 3.63) is 53.6 Å². The molecule has 0 bridgehead atoms. The molecule has 0 unspecified atom stereocenters. The molecule has 0 aromatic heterocycles. The number of nitrogens with two attached hydrogens (primary N) is 1. The lowest BCUT2D eigenvalue weighted by Crippen LogP contribution is -2.12. The molecule has 5 N–H and O–H groups in total. The molecule has 0 saturated heterocycles. The highest BCUT2D eigenvalue weighted by atomic mass is 16.4. The lowest BCUT2D eigenvalue weighted by Gasteiger charge is -2.07. The highest BCUT2D eigenvalue weighted by molar-refractivity contribution is 6.05. The number of hydrogen-bond acceptors (Lipinski definition) is 4. The Morgan fingerprint density at radius 2 is 1.85 bits per heavy atom. The van der Waals surface area contributed by atoms with E-state index in [0.29, 0.717) is 16.9 Å². The number of carboxylic acid groups (broad SMARTS) is 1. The van der Waals surface area contributed by atoms with Crippen LogP contribution in [0.2, 0.25) is 0 Å². The van der Waals surface area contributed by atoms with Crippen molar-refractivity contribution in [2.24, 2.45) is 0 Å². The van der Waals surface area contributed by atoms with E-state index in [-0.39, 0.29) is 5.56 Å². The van der Waals surface area contributed by atoms with Crippen molar-refractivity contribution in [2.75, 3.05) is 11.1 Å². The number of nitrogens with one attached hydrogen (secondary N) is 1. The molecule has 0 heterocycles. The topological polar surface area (TPSA) is 113 Å². The fourth-order valence-electron chi connectivity index (χ4n) is 1.67. The number of anilines is 2. The Bertz CT molecular complexity index is 683. The van der Waals surface area contributed by atoms with Crippen LogP contribution in [0.4, 0.5) is 11.4 Å². The van der Waals surface area contributed by atoms with E-state index in [2.05, 4.69) is 5.32 Å². The molecule has 1 amide bonds. The van der Waals surface area contributed by atoms with Crippen LogP contribution in [0.25, 0.3) is 0 Å². The average Bonchev–Trinajstić information content (AvgIpc) is 2.38. The SMILES string of the molecule is Nc1cccc(C(=O)Nc2ccc(C(=O)O)c(O)c2)c1. The van der Waals surface area contributed by atoms with E-state index in [9.17, 15) is 14.7 Å². The first kappa shape index (κ1) is 13.4. The van der Waals surface area contributed by atoms with E-state index < -0.39 is 17.6 Å². The molecule has 0 fully saturated rings. The second-order valence-electron chi connectivity index (χ2n) is 4.12. The minimum absolute atomic E-state index is 0.230. The van der Waals surface area contributed by atoms with Gasteiger partial charge in [0.15, 0.2) is 0 Å². The van der Waals surface area contributed by atoms with Crippen LogP contribution < -0.4 is 11.1 Å². The minimum Gasteiger partial charge on any atom is -0.507 e. The molecule has 6 nitrogen and oxygen atoms in total. The summed E-state index contributed by atoms with van der Waals surface area (Å²) in [5.74, 6) is -2.06. The molecule has 2 aromatic carbocycles. The summed E-state index contributed by atoms with van der Waals surface area (Å²) in [5.41, 5.74) is 6.47. The Labute approximate surface area is 114 Å². The van der Waals surface area contributed by atoms with E-state index in [1.807, 2.05) is 0 Å². The van der Waals surface area contributed by atoms with Crippen molar-refractivity contribution in [1.29, 1.82) is 0 Å². The number of hydrogen-bond donors (Lipinski definition) is 4. The summed E-state index contributed by atoms with van der Waals surface area (Å²) in [6, 6.07) is 10.2. The summed E-state index contributed by atoms with van der Waals surface area (Å²) in [4.78, 5) is 22.7. The molecule has 0 saturated carbocycles. The van der Waals surface area contributed by atoms with Gasteiger partial charge in [-0.3, -0.25) is 4.79 Å². The molecular weight excluding hydrogens is 260 g/mol. The number of aromatic hydroxyl groups is 1. The van der Waals surface area contributed by atoms with Crippen LogP contribution in [0.5, 0.6) is 5.75 Å². The highest BCUT2D eigenvalue weighted by Crippen LogP contribution is 2.22. The van der Waals surface area contributed by atoms with Crippen molar-refractivity contribution < 1.29 is 19.8 Å². The second-order valence-corrected chi connectivity index (χ2v) is 4.12. The monoisotopic (exact) mass is 272 g/mol. The van der Waals surface area contributed by atoms with Crippen molar-refractivity contribution in [1.82, 2.24) is 0 Å². The number of carbonyl (C=O) groups excluding carboxylic acids is 1. The fraction of sp³-hybridized carbons (Fsp3) is 0. The molecule has 0 aliphatic rings. The molecule has 0 radical (unpaired) electrons. The summed E-state index contributed by atoms with van der Waals surface area (Å²) in [6.45, 7) is 0. The first-order chi connectivity index (χ1) is 9.47. The van der Waals surface area contributed by atoms with Crippen LogP contribution in [-0.2, 0) is 0 Å². The number of nitrogen functional groups attached to an aromatic ring is 1. The van der Waals surface area contributed by atoms with Crippen LogP contribution in [0.3, 0.4) is 0 Å². The lowest BCUT2D eigenvalue weighted by molar-refractivity contribution is 0.0693. The van der Waals surface area contributed by atoms with Crippen LogP contribution in [0, 0.1) is 0 Å². The number of phenols is 1. The molecule has 0 atom stereocenters. The summed E-state index contributed by atoms with van der Waals surface area (Å²) < 4.78 is 0. The zero-order chi connectivity index (χ0) is 14.7. The second kappa shape index (κ2) is 5.31. The number of aromatic carboxylic acids is 1. The summed E-state index contributed by atoms with van der Waals surface area (Å²) in [7, 11) is 0. The number of benzene rings is 2. The van der Waals surface area contributed by atoms with Gasteiger partial charge in [-0.25, -0.2) is 4.79 Å². The molecule has 0 aliphatic carbocycles. The lowest BCUT2D eigenvalue weighted by atomic mass is 10.1. The van der Waals surface area contributed by atoms with E-state index in [1.165, 1.54) is 24.3 Å². The molecule has 2 rings (SSSR count).